The average molecular weight is 491 g/mol. The Bertz CT molecular complexity index is 1180. The van der Waals surface area contributed by atoms with Crippen LogP contribution in [0, 0.1) is 17.1 Å². The van der Waals surface area contributed by atoms with Gasteiger partial charge in [-0.15, -0.1) is 0 Å². The van der Waals surface area contributed by atoms with Gasteiger partial charge in [-0.05, 0) is 87.2 Å². The number of hydrogen-bond donors (Lipinski definition) is 2. The lowest BCUT2D eigenvalue weighted by Gasteiger charge is -2.39. The molecule has 0 aliphatic carbocycles. The highest BCUT2D eigenvalue weighted by Gasteiger charge is 2.39. The van der Waals surface area contributed by atoms with E-state index in [0.29, 0.717) is 29.1 Å². The molecule has 190 valence electrons. The smallest absolute Gasteiger partial charge is 0.130 e. The summed E-state index contributed by atoms with van der Waals surface area (Å²) in [6, 6.07) is 13.7. The van der Waals surface area contributed by atoms with Gasteiger partial charge >= 0.3 is 0 Å². The Kier molecular flexibility index (Phi) is 9.75. The van der Waals surface area contributed by atoms with Crippen LogP contribution in [0.3, 0.4) is 0 Å². The van der Waals surface area contributed by atoms with Crippen LogP contribution in [0.2, 0.25) is 0 Å². The molecule has 2 aromatic rings. The molecule has 0 spiro atoms. The van der Waals surface area contributed by atoms with Gasteiger partial charge in [0, 0.05) is 18.7 Å². The number of allylic oxidation sites excluding steroid dienone is 2. The zero-order valence-corrected chi connectivity index (χ0v) is 21.8. The van der Waals surface area contributed by atoms with Gasteiger partial charge < -0.3 is 10.6 Å². The zero-order valence-electron chi connectivity index (χ0n) is 21.8. The van der Waals surface area contributed by atoms with Gasteiger partial charge in [0.2, 0.25) is 0 Å². The number of nitriles is 1. The highest BCUT2D eigenvalue weighted by molar-refractivity contribution is 5.60. The number of hydrogen-bond acceptors (Lipinski definition) is 4. The largest absolute Gasteiger partial charge is 0.370 e. The summed E-state index contributed by atoms with van der Waals surface area (Å²) in [5, 5.41) is 16.2. The number of nitrogens with zero attached hydrogens (tertiary/aromatic N) is 2. The van der Waals surface area contributed by atoms with Crippen molar-refractivity contribution in [2.75, 3.05) is 0 Å². The highest BCUT2D eigenvalue weighted by atomic mass is 19.1. The van der Waals surface area contributed by atoms with E-state index in [2.05, 4.69) is 29.9 Å². The van der Waals surface area contributed by atoms with Gasteiger partial charge in [-0.2, -0.15) is 5.26 Å². The molecule has 0 amide bonds. The second kappa shape index (κ2) is 12.3. The lowest BCUT2D eigenvalue weighted by molar-refractivity contribution is 0.220. The quantitative estimate of drug-likeness (QED) is 0.250. The van der Waals surface area contributed by atoms with E-state index in [9.17, 15) is 5.26 Å². The summed E-state index contributed by atoms with van der Waals surface area (Å²) in [5.41, 5.74) is -0.419. The van der Waals surface area contributed by atoms with Crippen LogP contribution in [0.4, 0.5) is 8.78 Å². The fourth-order valence-corrected chi connectivity index (χ4v) is 4.00. The number of rotatable bonds is 12. The Labute approximate surface area is 214 Å². The molecule has 0 aromatic heterocycles. The molecule has 2 N–H and O–H groups in total. The van der Waals surface area contributed by atoms with Gasteiger partial charge in [0.15, 0.2) is 0 Å². The molecule has 4 nitrogen and oxygen atoms in total. The maximum Gasteiger partial charge on any atom is 0.130 e. The third-order valence-electron chi connectivity index (χ3n) is 5.56. The van der Waals surface area contributed by atoms with Crippen LogP contribution in [0.5, 0.6) is 0 Å². The molecule has 1 atom stereocenters. The topological polar surface area (TPSA) is 60.2 Å². The Hall–Kier alpha value is -3.72. The van der Waals surface area contributed by atoms with Crippen molar-refractivity contribution in [2.45, 2.75) is 64.7 Å². The van der Waals surface area contributed by atoms with E-state index in [4.69, 9.17) is 4.99 Å². The molecule has 0 aliphatic heterocycles. The molecule has 6 heteroatoms. The van der Waals surface area contributed by atoms with Gasteiger partial charge in [0.25, 0.3) is 0 Å². The number of benzene rings is 2. The van der Waals surface area contributed by atoms with Crippen molar-refractivity contribution < 1.29 is 8.78 Å². The normalized spacial score (nSPS) is 13.8. The first-order valence-corrected chi connectivity index (χ1v) is 12.0. The molecular formula is C30H36F2N4. The molecule has 0 aliphatic rings. The number of nitrogens with one attached hydrogen (secondary N) is 2. The molecule has 1 unspecified atom stereocenters. The van der Waals surface area contributed by atoms with Crippen LogP contribution < -0.4 is 10.6 Å². The van der Waals surface area contributed by atoms with E-state index in [1.165, 1.54) is 26.0 Å². The van der Waals surface area contributed by atoms with Gasteiger partial charge in [-0.1, -0.05) is 38.3 Å². The van der Waals surface area contributed by atoms with Gasteiger partial charge in [0.05, 0.1) is 23.2 Å². The van der Waals surface area contributed by atoms with Crippen LogP contribution in [0.15, 0.2) is 84.3 Å². The standard InChI is InChI=1S/C30H36F2N4/c1-8-11-28(34-14-9-2)30(36-22(5)35-21(3)4,19-23-12-10-13-24(15-23)20-33)26-16-25(29(6,7)32)17-27(31)18-26/h8,10-18,21,35-36H,1,5,9,19H2,2-4,6-7H3/b28-11-,34-14?. The number of alkyl halides is 1. The Morgan fingerprint density at radius 3 is 2.47 bits per heavy atom. The molecule has 0 heterocycles. The minimum absolute atomic E-state index is 0.0726. The lowest BCUT2D eigenvalue weighted by Crippen LogP contribution is -2.49. The van der Waals surface area contributed by atoms with Gasteiger partial charge in [0.1, 0.15) is 17.0 Å². The molecule has 2 aromatic carbocycles. The third kappa shape index (κ3) is 7.39. The van der Waals surface area contributed by atoms with E-state index in [1.54, 1.807) is 42.6 Å². The van der Waals surface area contributed by atoms with Crippen molar-refractivity contribution in [1.29, 1.82) is 5.26 Å². The molecule has 0 bridgehead atoms. The second-order valence-electron chi connectivity index (χ2n) is 9.51. The van der Waals surface area contributed by atoms with E-state index >= 15 is 8.78 Å². The van der Waals surface area contributed by atoms with Crippen LogP contribution in [-0.2, 0) is 17.6 Å². The maximum absolute atomic E-state index is 15.1. The summed E-state index contributed by atoms with van der Waals surface area (Å²) in [5.74, 6) is -0.0709. The summed E-state index contributed by atoms with van der Waals surface area (Å²) in [7, 11) is 0. The fourth-order valence-electron chi connectivity index (χ4n) is 4.00. The van der Waals surface area contributed by atoms with Crippen molar-refractivity contribution in [2.24, 2.45) is 4.99 Å². The Morgan fingerprint density at radius 2 is 1.89 bits per heavy atom. The van der Waals surface area contributed by atoms with E-state index in [0.717, 1.165) is 5.56 Å². The molecule has 0 saturated carbocycles. The highest BCUT2D eigenvalue weighted by Crippen LogP contribution is 2.38. The first kappa shape index (κ1) is 28.5. The van der Waals surface area contributed by atoms with Crippen molar-refractivity contribution in [1.82, 2.24) is 10.6 Å². The SMILES string of the molecule is C=C/C=C(\N=CCC)C(Cc1cccc(C#N)c1)(NC(=C)NC(C)C)c1cc(F)cc(C(C)(C)F)c1. The minimum atomic E-state index is -1.77. The Morgan fingerprint density at radius 1 is 1.19 bits per heavy atom. The van der Waals surface area contributed by atoms with Crippen molar-refractivity contribution in [3.63, 3.8) is 0 Å². The zero-order chi connectivity index (χ0) is 26.9. The predicted molar refractivity (Wildman–Crippen MR) is 145 cm³/mol. The Balaban J connectivity index is 2.95. The van der Waals surface area contributed by atoms with Crippen LogP contribution in [-0.4, -0.2) is 12.3 Å². The minimum Gasteiger partial charge on any atom is -0.370 e. The second-order valence-corrected chi connectivity index (χ2v) is 9.51. The van der Waals surface area contributed by atoms with Crippen LogP contribution in [0.1, 0.15) is 63.3 Å². The van der Waals surface area contributed by atoms with Crippen molar-refractivity contribution >= 4 is 6.21 Å². The summed E-state index contributed by atoms with van der Waals surface area (Å²) < 4.78 is 30.1. The number of aliphatic imine (C=N–C) groups is 1. The molecular weight excluding hydrogens is 454 g/mol. The molecule has 0 saturated heterocycles. The molecule has 0 fully saturated rings. The first-order chi connectivity index (χ1) is 16.9. The van der Waals surface area contributed by atoms with Crippen LogP contribution in [0.25, 0.3) is 0 Å². The summed E-state index contributed by atoms with van der Waals surface area (Å²) in [6.07, 6.45) is 6.07. The molecule has 36 heavy (non-hydrogen) atoms. The summed E-state index contributed by atoms with van der Waals surface area (Å²) in [4.78, 5) is 4.73. The summed E-state index contributed by atoms with van der Waals surface area (Å²) >= 11 is 0. The average Bonchev–Trinajstić information content (AvgIpc) is 2.80. The van der Waals surface area contributed by atoms with Gasteiger partial charge in [-0.3, -0.25) is 4.99 Å². The fraction of sp³-hybridized carbons (Fsp3) is 0.333. The van der Waals surface area contributed by atoms with Crippen LogP contribution >= 0.6 is 0 Å². The van der Waals surface area contributed by atoms with Gasteiger partial charge in [-0.25, -0.2) is 8.78 Å². The van der Waals surface area contributed by atoms with E-state index < -0.39 is 17.0 Å². The van der Waals surface area contributed by atoms with E-state index in [1.807, 2.05) is 26.8 Å². The monoisotopic (exact) mass is 490 g/mol. The third-order valence-corrected chi connectivity index (χ3v) is 5.56. The molecule has 0 radical (unpaired) electrons. The number of halogens is 2. The predicted octanol–water partition coefficient (Wildman–Crippen LogP) is 6.95. The molecule has 2 rings (SSSR count). The lowest BCUT2D eigenvalue weighted by atomic mass is 9.78. The maximum atomic E-state index is 15.1. The van der Waals surface area contributed by atoms with Crippen molar-refractivity contribution in [3.05, 3.63) is 107 Å². The van der Waals surface area contributed by atoms with E-state index in [-0.39, 0.29) is 18.0 Å². The van der Waals surface area contributed by atoms with Crippen molar-refractivity contribution in [3.8, 4) is 6.07 Å². The first-order valence-electron chi connectivity index (χ1n) is 12.0. The summed E-state index contributed by atoms with van der Waals surface area (Å²) in [6.45, 7) is 16.7.